The van der Waals surface area contributed by atoms with Gasteiger partial charge in [0.25, 0.3) is 0 Å². The summed E-state index contributed by atoms with van der Waals surface area (Å²) in [6, 6.07) is 31.1. The lowest BCUT2D eigenvalue weighted by molar-refractivity contribution is -0.120. The largest absolute Gasteiger partial charge is 0.372 e. The average molecular weight is 398 g/mol. The first kappa shape index (κ1) is 19.5. The number of ether oxygens (including phenoxy) is 1. The standard InChI is InChI=1S/C28H31NO/c1-21-10-8-9-15-25(21)20-30-28-24-16-18-29(19-17-24)27(28)26(22-11-4-2-5-12-22)23-13-6-3-7-14-23/h2-15,24,26-28H,16-20H2,1H3/t27-,28-/m1/s1. The topological polar surface area (TPSA) is 12.5 Å². The zero-order valence-electron chi connectivity index (χ0n) is 17.8. The maximum Gasteiger partial charge on any atom is 0.0773 e. The fraction of sp³-hybridized carbons (Fsp3) is 0.357. The lowest BCUT2D eigenvalue weighted by atomic mass is 9.72. The molecule has 154 valence electrons. The first-order valence-electron chi connectivity index (χ1n) is 11.3. The van der Waals surface area contributed by atoms with E-state index in [-0.39, 0.29) is 6.10 Å². The number of piperidine rings is 3. The number of fused-ring (bicyclic) bond motifs is 3. The summed E-state index contributed by atoms with van der Waals surface area (Å²) in [5, 5.41) is 0. The van der Waals surface area contributed by atoms with Gasteiger partial charge in [0.05, 0.1) is 12.7 Å². The molecule has 3 aromatic rings. The van der Waals surface area contributed by atoms with Crippen molar-refractivity contribution >= 4 is 0 Å². The quantitative estimate of drug-likeness (QED) is 0.521. The zero-order chi connectivity index (χ0) is 20.3. The van der Waals surface area contributed by atoms with Crippen molar-refractivity contribution in [3.8, 4) is 0 Å². The Morgan fingerprint density at radius 1 is 0.800 bits per heavy atom. The molecule has 0 aromatic heterocycles. The van der Waals surface area contributed by atoms with Gasteiger partial charge in [-0.25, -0.2) is 0 Å². The van der Waals surface area contributed by atoms with E-state index in [1.54, 1.807) is 0 Å². The third kappa shape index (κ3) is 3.82. The highest BCUT2D eigenvalue weighted by Gasteiger charge is 2.47. The second-order valence-electron chi connectivity index (χ2n) is 8.87. The van der Waals surface area contributed by atoms with Gasteiger partial charge in [-0.2, -0.15) is 0 Å². The van der Waals surface area contributed by atoms with Gasteiger partial charge in [0, 0.05) is 12.0 Å². The fourth-order valence-corrected chi connectivity index (χ4v) is 5.53. The first-order valence-corrected chi connectivity index (χ1v) is 11.3. The molecule has 3 aromatic carbocycles. The summed E-state index contributed by atoms with van der Waals surface area (Å²) in [7, 11) is 0. The predicted molar refractivity (Wildman–Crippen MR) is 123 cm³/mol. The van der Waals surface area contributed by atoms with E-state index in [2.05, 4.69) is 96.8 Å². The summed E-state index contributed by atoms with van der Waals surface area (Å²) in [5.41, 5.74) is 5.41. The van der Waals surface area contributed by atoms with Gasteiger partial charge in [0.1, 0.15) is 0 Å². The van der Waals surface area contributed by atoms with Crippen molar-refractivity contribution in [2.24, 2.45) is 5.92 Å². The number of nitrogens with zero attached hydrogens (tertiary/aromatic N) is 1. The fourth-order valence-electron chi connectivity index (χ4n) is 5.53. The summed E-state index contributed by atoms with van der Waals surface area (Å²) >= 11 is 0. The van der Waals surface area contributed by atoms with Crippen LogP contribution in [0.3, 0.4) is 0 Å². The average Bonchev–Trinajstić information content (AvgIpc) is 2.81. The van der Waals surface area contributed by atoms with Gasteiger partial charge in [-0.3, -0.25) is 4.90 Å². The van der Waals surface area contributed by atoms with Crippen LogP contribution in [0.1, 0.15) is 41.0 Å². The van der Waals surface area contributed by atoms with E-state index in [4.69, 9.17) is 4.74 Å². The molecule has 0 amide bonds. The molecule has 0 spiro atoms. The monoisotopic (exact) mass is 397 g/mol. The Labute approximate surface area is 180 Å². The van der Waals surface area contributed by atoms with Gasteiger partial charge in [0.15, 0.2) is 0 Å². The molecular formula is C28H31NO. The predicted octanol–water partition coefficient (Wildman–Crippen LogP) is 5.81. The Morgan fingerprint density at radius 2 is 1.37 bits per heavy atom. The summed E-state index contributed by atoms with van der Waals surface area (Å²) < 4.78 is 6.78. The Hall–Kier alpha value is -2.42. The summed E-state index contributed by atoms with van der Waals surface area (Å²) in [4.78, 5) is 2.70. The molecule has 0 N–H and O–H groups in total. The molecule has 0 unspecified atom stereocenters. The maximum atomic E-state index is 6.78. The van der Waals surface area contributed by atoms with Gasteiger partial charge in [0.2, 0.25) is 0 Å². The minimum Gasteiger partial charge on any atom is -0.372 e. The van der Waals surface area contributed by atoms with E-state index in [1.807, 2.05) is 0 Å². The van der Waals surface area contributed by atoms with E-state index < -0.39 is 0 Å². The van der Waals surface area contributed by atoms with E-state index >= 15 is 0 Å². The first-order chi connectivity index (χ1) is 14.8. The van der Waals surface area contributed by atoms with Crippen LogP contribution >= 0.6 is 0 Å². The number of hydrogen-bond acceptors (Lipinski definition) is 2. The molecular weight excluding hydrogens is 366 g/mol. The zero-order valence-corrected chi connectivity index (χ0v) is 17.8. The molecule has 2 atom stereocenters. The van der Waals surface area contributed by atoms with Crippen molar-refractivity contribution in [3.63, 3.8) is 0 Å². The van der Waals surface area contributed by atoms with Crippen molar-refractivity contribution in [2.45, 2.75) is 44.4 Å². The molecule has 3 saturated heterocycles. The van der Waals surface area contributed by atoms with Crippen LogP contribution in [-0.2, 0) is 11.3 Å². The van der Waals surface area contributed by atoms with Crippen molar-refractivity contribution < 1.29 is 4.74 Å². The highest BCUT2D eigenvalue weighted by molar-refractivity contribution is 5.36. The SMILES string of the molecule is Cc1ccccc1CO[C@@H]1C2CCN(CC2)[C@@H]1C(c1ccccc1)c1ccccc1. The molecule has 3 aliphatic heterocycles. The molecule has 3 aliphatic rings. The Morgan fingerprint density at radius 3 is 1.97 bits per heavy atom. The van der Waals surface area contributed by atoms with Crippen molar-refractivity contribution in [3.05, 3.63) is 107 Å². The van der Waals surface area contributed by atoms with Crippen LogP contribution < -0.4 is 0 Å². The van der Waals surface area contributed by atoms with Crippen LogP contribution in [0.2, 0.25) is 0 Å². The Balaban J connectivity index is 1.50. The summed E-state index contributed by atoms with van der Waals surface area (Å²) in [6.07, 6.45) is 2.77. The van der Waals surface area contributed by atoms with Gasteiger partial charge >= 0.3 is 0 Å². The van der Waals surface area contributed by atoms with Crippen molar-refractivity contribution in [2.75, 3.05) is 13.1 Å². The van der Waals surface area contributed by atoms with Crippen molar-refractivity contribution in [1.29, 1.82) is 0 Å². The molecule has 2 bridgehead atoms. The molecule has 3 fully saturated rings. The van der Waals surface area contributed by atoms with E-state index in [1.165, 1.54) is 48.2 Å². The van der Waals surface area contributed by atoms with Gasteiger partial charge in [-0.05, 0) is 61.0 Å². The van der Waals surface area contributed by atoms with Crippen LogP contribution in [0.15, 0.2) is 84.9 Å². The van der Waals surface area contributed by atoms with E-state index in [9.17, 15) is 0 Å². The molecule has 30 heavy (non-hydrogen) atoms. The molecule has 6 rings (SSSR count). The van der Waals surface area contributed by atoms with Crippen LogP contribution in [0.25, 0.3) is 0 Å². The molecule has 0 radical (unpaired) electrons. The van der Waals surface area contributed by atoms with Gasteiger partial charge < -0.3 is 4.74 Å². The van der Waals surface area contributed by atoms with Crippen LogP contribution in [-0.4, -0.2) is 30.1 Å². The lowest BCUT2D eigenvalue weighted by Gasteiger charge is -2.53. The van der Waals surface area contributed by atoms with Crippen LogP contribution in [0.5, 0.6) is 0 Å². The highest BCUT2D eigenvalue weighted by atomic mass is 16.5. The molecule has 0 saturated carbocycles. The lowest BCUT2D eigenvalue weighted by Crippen LogP contribution is -2.60. The third-order valence-corrected chi connectivity index (χ3v) is 7.15. The van der Waals surface area contributed by atoms with E-state index in [0.717, 1.165) is 0 Å². The number of hydrogen-bond donors (Lipinski definition) is 0. The maximum absolute atomic E-state index is 6.78. The van der Waals surface area contributed by atoms with Crippen LogP contribution in [0, 0.1) is 12.8 Å². The summed E-state index contributed by atoms with van der Waals surface area (Å²) in [5.74, 6) is 0.983. The summed E-state index contributed by atoms with van der Waals surface area (Å²) in [6.45, 7) is 5.27. The molecule has 2 heteroatoms. The van der Waals surface area contributed by atoms with Crippen molar-refractivity contribution in [1.82, 2.24) is 4.90 Å². The Kier molecular flexibility index (Phi) is 5.70. The minimum absolute atomic E-state index is 0.262. The number of benzene rings is 3. The third-order valence-electron chi connectivity index (χ3n) is 7.15. The normalized spacial score (nSPS) is 25.5. The van der Waals surface area contributed by atoms with Gasteiger partial charge in [-0.15, -0.1) is 0 Å². The van der Waals surface area contributed by atoms with Crippen LogP contribution in [0.4, 0.5) is 0 Å². The second kappa shape index (κ2) is 8.75. The minimum atomic E-state index is 0.262. The number of rotatable bonds is 6. The van der Waals surface area contributed by atoms with Gasteiger partial charge in [-0.1, -0.05) is 84.9 Å². The number of aryl methyl sites for hydroxylation is 1. The highest BCUT2D eigenvalue weighted by Crippen LogP contribution is 2.43. The second-order valence-corrected chi connectivity index (χ2v) is 8.87. The molecule has 0 aliphatic carbocycles. The Bertz CT molecular complexity index is 907. The molecule has 2 nitrogen and oxygen atoms in total. The smallest absolute Gasteiger partial charge is 0.0773 e. The molecule has 3 heterocycles. The van der Waals surface area contributed by atoms with E-state index in [0.29, 0.717) is 24.5 Å².